The van der Waals surface area contributed by atoms with Crippen molar-refractivity contribution in [1.29, 1.82) is 0 Å². The predicted molar refractivity (Wildman–Crippen MR) is 69.7 cm³/mol. The molecule has 0 aliphatic carbocycles. The average molecular weight is 327 g/mol. The Balaban J connectivity index is 2.03. The summed E-state index contributed by atoms with van der Waals surface area (Å²) < 4.78 is 6.39. The van der Waals surface area contributed by atoms with Crippen LogP contribution in [0.3, 0.4) is 0 Å². The zero-order valence-corrected chi connectivity index (χ0v) is 11.7. The van der Waals surface area contributed by atoms with Gasteiger partial charge < -0.3 is 4.74 Å². The van der Waals surface area contributed by atoms with Gasteiger partial charge in [0.15, 0.2) is 11.9 Å². The molecule has 0 amide bonds. The Morgan fingerprint density at radius 2 is 2.05 bits per heavy atom. The van der Waals surface area contributed by atoms with Gasteiger partial charge in [0.05, 0.1) is 13.5 Å². The van der Waals surface area contributed by atoms with Crippen molar-refractivity contribution < 1.29 is 24.1 Å². The lowest BCUT2D eigenvalue weighted by molar-refractivity contribution is -0.256. The molecular weight excluding hydrogens is 316 g/mol. The van der Waals surface area contributed by atoms with Crippen LogP contribution in [0.5, 0.6) is 0 Å². The average Bonchev–Trinajstić information content (AvgIpc) is 2.72. The number of ketones is 1. The number of benzene rings is 1. The molecule has 0 spiro atoms. The summed E-state index contributed by atoms with van der Waals surface area (Å²) >= 11 is 3.33. The molecule has 0 radical (unpaired) electrons. The molecule has 100 valence electrons. The third kappa shape index (κ3) is 3.42. The number of halogens is 1. The van der Waals surface area contributed by atoms with Crippen molar-refractivity contribution in [2.45, 2.75) is 12.5 Å². The van der Waals surface area contributed by atoms with Crippen LogP contribution in [-0.4, -0.2) is 25.0 Å². The lowest BCUT2D eigenvalue weighted by Crippen LogP contribution is -2.21. The van der Waals surface area contributed by atoms with E-state index in [-0.39, 0.29) is 12.2 Å². The molecular formula is C13H11BrO5. The number of rotatable bonds is 4. The van der Waals surface area contributed by atoms with E-state index < -0.39 is 12.1 Å². The third-order valence-electron chi connectivity index (χ3n) is 2.52. The molecule has 1 aliphatic heterocycles. The lowest BCUT2D eigenvalue weighted by Gasteiger charge is -2.10. The SMILES string of the molecule is COOC(=O)CC1OC(c2ccc(Br)cc2)=CC1=O. The first kappa shape index (κ1) is 13.8. The monoisotopic (exact) mass is 326 g/mol. The highest BCUT2D eigenvalue weighted by molar-refractivity contribution is 9.10. The van der Waals surface area contributed by atoms with Crippen LogP contribution in [0.15, 0.2) is 34.8 Å². The van der Waals surface area contributed by atoms with Gasteiger partial charge >= 0.3 is 5.97 Å². The van der Waals surface area contributed by atoms with Crippen molar-refractivity contribution in [3.05, 3.63) is 40.4 Å². The van der Waals surface area contributed by atoms with Gasteiger partial charge in [-0.2, -0.15) is 4.89 Å². The summed E-state index contributed by atoms with van der Waals surface area (Å²) in [7, 11) is 1.22. The van der Waals surface area contributed by atoms with Crippen LogP contribution in [0.1, 0.15) is 12.0 Å². The zero-order chi connectivity index (χ0) is 13.8. The summed E-state index contributed by atoms with van der Waals surface area (Å²) in [5, 5.41) is 0. The largest absolute Gasteiger partial charge is 0.481 e. The van der Waals surface area contributed by atoms with Gasteiger partial charge in [-0.15, -0.1) is 0 Å². The van der Waals surface area contributed by atoms with Crippen LogP contribution in [0.25, 0.3) is 5.76 Å². The molecule has 0 saturated heterocycles. The molecule has 6 heteroatoms. The molecule has 1 aromatic carbocycles. The highest BCUT2D eigenvalue weighted by atomic mass is 79.9. The second-order valence-electron chi connectivity index (χ2n) is 3.85. The maximum Gasteiger partial charge on any atom is 0.346 e. The summed E-state index contributed by atoms with van der Waals surface area (Å²) in [6, 6.07) is 7.32. The van der Waals surface area contributed by atoms with E-state index in [1.165, 1.54) is 13.2 Å². The van der Waals surface area contributed by atoms with Crippen molar-refractivity contribution in [2.75, 3.05) is 7.11 Å². The Bertz CT molecular complexity index is 520. The van der Waals surface area contributed by atoms with Crippen molar-refractivity contribution in [3.63, 3.8) is 0 Å². The molecule has 2 rings (SSSR count). The fourth-order valence-corrected chi connectivity index (χ4v) is 1.92. The number of hydrogen-bond acceptors (Lipinski definition) is 5. The van der Waals surface area contributed by atoms with Crippen molar-refractivity contribution in [3.8, 4) is 0 Å². The predicted octanol–water partition coefficient (Wildman–Crippen LogP) is 2.25. The Morgan fingerprint density at radius 3 is 2.68 bits per heavy atom. The smallest absolute Gasteiger partial charge is 0.346 e. The molecule has 0 fully saturated rings. The van der Waals surface area contributed by atoms with Gasteiger partial charge in [0.25, 0.3) is 0 Å². The first-order valence-electron chi connectivity index (χ1n) is 5.52. The van der Waals surface area contributed by atoms with E-state index in [9.17, 15) is 9.59 Å². The van der Waals surface area contributed by atoms with Gasteiger partial charge in [0.2, 0.25) is 0 Å². The standard InChI is InChI=1S/C13H11BrO5/c1-17-19-13(16)7-12-10(15)6-11(18-12)8-2-4-9(14)5-3-8/h2-6,12H,7H2,1H3. The molecule has 0 bridgehead atoms. The van der Waals surface area contributed by atoms with Crippen LogP contribution in [0.4, 0.5) is 0 Å². The maximum atomic E-state index is 11.7. The Morgan fingerprint density at radius 1 is 1.37 bits per heavy atom. The summed E-state index contributed by atoms with van der Waals surface area (Å²) in [5.74, 6) is -0.454. The summed E-state index contributed by atoms with van der Waals surface area (Å²) in [5.41, 5.74) is 0.777. The van der Waals surface area contributed by atoms with E-state index in [2.05, 4.69) is 25.7 Å². The highest BCUT2D eigenvalue weighted by Gasteiger charge is 2.30. The lowest BCUT2D eigenvalue weighted by atomic mass is 10.1. The fourth-order valence-electron chi connectivity index (χ4n) is 1.65. The van der Waals surface area contributed by atoms with E-state index in [1.807, 2.05) is 24.3 Å². The molecule has 0 saturated carbocycles. The molecule has 1 aliphatic rings. The normalized spacial score (nSPS) is 17.9. The first-order valence-corrected chi connectivity index (χ1v) is 6.31. The van der Waals surface area contributed by atoms with Gasteiger partial charge in [-0.1, -0.05) is 28.1 Å². The number of ether oxygens (including phenoxy) is 1. The van der Waals surface area contributed by atoms with E-state index in [0.717, 1.165) is 10.0 Å². The molecule has 1 heterocycles. The summed E-state index contributed by atoms with van der Waals surface area (Å²) in [6.07, 6.45) is 0.360. The van der Waals surface area contributed by atoms with Crippen molar-refractivity contribution >= 4 is 33.4 Å². The van der Waals surface area contributed by atoms with Gasteiger partial charge in [-0.25, -0.2) is 4.79 Å². The number of hydrogen-bond donors (Lipinski definition) is 0. The minimum absolute atomic E-state index is 0.177. The van der Waals surface area contributed by atoms with Gasteiger partial charge in [-0.3, -0.25) is 9.68 Å². The quantitative estimate of drug-likeness (QED) is 0.627. The second kappa shape index (κ2) is 5.99. The third-order valence-corrected chi connectivity index (χ3v) is 3.05. The van der Waals surface area contributed by atoms with E-state index >= 15 is 0 Å². The van der Waals surface area contributed by atoms with Crippen LogP contribution in [-0.2, 0) is 24.1 Å². The number of carbonyl (C=O) groups is 2. The highest BCUT2D eigenvalue weighted by Crippen LogP contribution is 2.27. The van der Waals surface area contributed by atoms with Crippen molar-refractivity contribution in [1.82, 2.24) is 0 Å². The molecule has 1 aromatic rings. The fraction of sp³-hybridized carbons (Fsp3) is 0.231. The summed E-state index contributed by atoms with van der Waals surface area (Å²) in [6.45, 7) is 0. The minimum atomic E-state index is -0.846. The zero-order valence-electron chi connectivity index (χ0n) is 10.1. The Kier molecular flexibility index (Phi) is 4.34. The molecule has 5 nitrogen and oxygen atoms in total. The Hall–Kier alpha value is -1.66. The van der Waals surface area contributed by atoms with Crippen molar-refractivity contribution in [2.24, 2.45) is 0 Å². The van der Waals surface area contributed by atoms with Crippen LogP contribution in [0, 0.1) is 0 Å². The van der Waals surface area contributed by atoms with E-state index in [0.29, 0.717) is 5.76 Å². The number of carbonyl (C=O) groups excluding carboxylic acids is 2. The molecule has 0 aromatic heterocycles. The van der Waals surface area contributed by atoms with Gasteiger partial charge in [-0.05, 0) is 12.1 Å². The maximum absolute atomic E-state index is 11.7. The van der Waals surface area contributed by atoms with Gasteiger partial charge in [0, 0.05) is 16.1 Å². The first-order chi connectivity index (χ1) is 9.10. The molecule has 19 heavy (non-hydrogen) atoms. The molecule has 1 atom stereocenters. The van der Waals surface area contributed by atoms with E-state index in [1.54, 1.807) is 0 Å². The molecule has 1 unspecified atom stereocenters. The Labute approximate surface area is 118 Å². The second-order valence-corrected chi connectivity index (χ2v) is 4.77. The minimum Gasteiger partial charge on any atom is -0.481 e. The van der Waals surface area contributed by atoms with Gasteiger partial charge in [0.1, 0.15) is 5.76 Å². The van der Waals surface area contributed by atoms with Crippen LogP contribution in [0.2, 0.25) is 0 Å². The molecule has 0 N–H and O–H groups in total. The van der Waals surface area contributed by atoms with Crippen LogP contribution >= 0.6 is 15.9 Å². The summed E-state index contributed by atoms with van der Waals surface area (Å²) in [4.78, 5) is 31.5. The topological polar surface area (TPSA) is 61.8 Å². The van der Waals surface area contributed by atoms with Crippen LogP contribution < -0.4 is 0 Å². The van der Waals surface area contributed by atoms with E-state index in [4.69, 9.17) is 4.74 Å².